The summed E-state index contributed by atoms with van der Waals surface area (Å²) in [6.07, 6.45) is 7.01. The van der Waals surface area contributed by atoms with Gasteiger partial charge in [0.2, 0.25) is 5.91 Å². The van der Waals surface area contributed by atoms with Crippen molar-refractivity contribution >= 4 is 5.91 Å². The molecule has 1 aliphatic rings. The van der Waals surface area contributed by atoms with Crippen LogP contribution in [-0.4, -0.2) is 39.8 Å². The molecule has 1 aromatic rings. The van der Waals surface area contributed by atoms with Crippen LogP contribution in [0.3, 0.4) is 0 Å². The van der Waals surface area contributed by atoms with Crippen molar-refractivity contribution in [3.8, 4) is 0 Å². The Labute approximate surface area is 114 Å². The van der Waals surface area contributed by atoms with Crippen LogP contribution in [0, 0.1) is 5.92 Å². The van der Waals surface area contributed by atoms with Crippen molar-refractivity contribution in [3.05, 3.63) is 12.7 Å². The first-order valence-electron chi connectivity index (χ1n) is 7.08. The van der Waals surface area contributed by atoms with Crippen LogP contribution < -0.4 is 10.6 Å². The number of nitrogens with one attached hydrogen (secondary N) is 2. The molecule has 0 spiro atoms. The van der Waals surface area contributed by atoms with Crippen LogP contribution in [0.2, 0.25) is 0 Å². The third-order valence-corrected chi connectivity index (χ3v) is 3.71. The van der Waals surface area contributed by atoms with Crippen LogP contribution >= 0.6 is 0 Å². The SMILES string of the molecule is C[C@@H]1CCCN[C@H]1CNC(=O)CCCn1cncn1. The minimum Gasteiger partial charge on any atom is -0.355 e. The summed E-state index contributed by atoms with van der Waals surface area (Å²) in [7, 11) is 0. The maximum Gasteiger partial charge on any atom is 0.220 e. The Kier molecular flexibility index (Phi) is 5.32. The van der Waals surface area contributed by atoms with Crippen LogP contribution in [0.1, 0.15) is 32.6 Å². The van der Waals surface area contributed by atoms with Gasteiger partial charge >= 0.3 is 0 Å². The minimum absolute atomic E-state index is 0.125. The second-order valence-corrected chi connectivity index (χ2v) is 5.25. The number of hydrogen-bond donors (Lipinski definition) is 2. The molecular weight excluding hydrogens is 242 g/mol. The normalized spacial score (nSPS) is 23.2. The molecule has 0 radical (unpaired) electrons. The molecule has 2 heterocycles. The van der Waals surface area contributed by atoms with Gasteiger partial charge in [-0.05, 0) is 31.7 Å². The highest BCUT2D eigenvalue weighted by atomic mass is 16.1. The number of piperidine rings is 1. The summed E-state index contributed by atoms with van der Waals surface area (Å²) in [5, 5.41) is 10.5. The number of carbonyl (C=O) groups is 1. The number of rotatable bonds is 6. The van der Waals surface area contributed by atoms with E-state index in [9.17, 15) is 4.79 Å². The first kappa shape index (κ1) is 14.0. The standard InChI is InChI=1S/C13H23N5O/c1-11-4-2-6-15-12(11)8-16-13(19)5-3-7-18-10-14-9-17-18/h9-12,15H,2-8H2,1H3,(H,16,19)/t11-,12+/m1/s1. The topological polar surface area (TPSA) is 71.8 Å². The number of hydrogen-bond acceptors (Lipinski definition) is 4. The fourth-order valence-electron chi connectivity index (χ4n) is 2.45. The second-order valence-electron chi connectivity index (χ2n) is 5.25. The van der Waals surface area contributed by atoms with Crippen LogP contribution in [0.4, 0.5) is 0 Å². The van der Waals surface area contributed by atoms with Gasteiger partial charge in [0.15, 0.2) is 0 Å². The molecule has 1 fully saturated rings. The number of carbonyl (C=O) groups excluding carboxylic acids is 1. The zero-order valence-corrected chi connectivity index (χ0v) is 11.5. The molecule has 1 aliphatic heterocycles. The van der Waals surface area contributed by atoms with Gasteiger partial charge in [0.25, 0.3) is 0 Å². The van der Waals surface area contributed by atoms with Crippen molar-refractivity contribution in [2.45, 2.75) is 45.2 Å². The van der Waals surface area contributed by atoms with Crippen molar-refractivity contribution < 1.29 is 4.79 Å². The van der Waals surface area contributed by atoms with E-state index in [0.29, 0.717) is 18.4 Å². The van der Waals surface area contributed by atoms with Gasteiger partial charge in [0, 0.05) is 25.6 Å². The van der Waals surface area contributed by atoms with Gasteiger partial charge in [0.1, 0.15) is 12.7 Å². The Balaban J connectivity index is 1.59. The average molecular weight is 265 g/mol. The van der Waals surface area contributed by atoms with Crippen molar-refractivity contribution in [1.82, 2.24) is 25.4 Å². The maximum atomic E-state index is 11.7. The molecule has 0 aromatic carbocycles. The second kappa shape index (κ2) is 7.23. The zero-order valence-electron chi connectivity index (χ0n) is 11.5. The van der Waals surface area contributed by atoms with E-state index in [1.165, 1.54) is 19.2 Å². The quantitative estimate of drug-likeness (QED) is 0.788. The molecule has 2 rings (SSSR count). The monoisotopic (exact) mass is 265 g/mol. The number of amides is 1. The molecular formula is C13H23N5O. The lowest BCUT2D eigenvalue weighted by molar-refractivity contribution is -0.121. The average Bonchev–Trinajstić information content (AvgIpc) is 2.91. The lowest BCUT2D eigenvalue weighted by atomic mass is 9.93. The summed E-state index contributed by atoms with van der Waals surface area (Å²) in [6, 6.07) is 0.424. The first-order chi connectivity index (χ1) is 9.25. The highest BCUT2D eigenvalue weighted by Gasteiger charge is 2.20. The molecule has 6 nitrogen and oxygen atoms in total. The molecule has 2 N–H and O–H groups in total. The minimum atomic E-state index is 0.125. The van der Waals surface area contributed by atoms with Crippen LogP contribution in [0.5, 0.6) is 0 Å². The van der Waals surface area contributed by atoms with E-state index in [0.717, 1.165) is 26.1 Å². The van der Waals surface area contributed by atoms with Crippen LogP contribution in [-0.2, 0) is 11.3 Å². The summed E-state index contributed by atoms with van der Waals surface area (Å²) < 4.78 is 1.75. The number of aryl methyl sites for hydroxylation is 1. The van der Waals surface area contributed by atoms with Crippen molar-refractivity contribution in [2.24, 2.45) is 5.92 Å². The van der Waals surface area contributed by atoms with Crippen molar-refractivity contribution in [1.29, 1.82) is 0 Å². The molecule has 19 heavy (non-hydrogen) atoms. The third-order valence-electron chi connectivity index (χ3n) is 3.71. The molecule has 1 aromatic heterocycles. The zero-order chi connectivity index (χ0) is 13.5. The molecule has 106 valence electrons. The molecule has 2 atom stereocenters. The third kappa shape index (κ3) is 4.63. The van der Waals surface area contributed by atoms with Gasteiger partial charge in [-0.1, -0.05) is 6.92 Å². The van der Waals surface area contributed by atoms with E-state index in [1.54, 1.807) is 11.0 Å². The molecule has 0 aliphatic carbocycles. The molecule has 0 unspecified atom stereocenters. The van der Waals surface area contributed by atoms with Crippen molar-refractivity contribution in [3.63, 3.8) is 0 Å². The van der Waals surface area contributed by atoms with E-state index in [4.69, 9.17) is 0 Å². The lowest BCUT2D eigenvalue weighted by Gasteiger charge is -2.30. The predicted octanol–water partition coefficient (Wildman–Crippen LogP) is 0.563. The molecule has 1 saturated heterocycles. The van der Waals surface area contributed by atoms with Gasteiger partial charge < -0.3 is 10.6 Å². The summed E-state index contributed by atoms with van der Waals surface area (Å²) in [5.74, 6) is 0.767. The summed E-state index contributed by atoms with van der Waals surface area (Å²) in [4.78, 5) is 15.6. The van der Waals surface area contributed by atoms with E-state index in [2.05, 4.69) is 27.6 Å². The van der Waals surface area contributed by atoms with E-state index in [1.807, 2.05) is 0 Å². The smallest absolute Gasteiger partial charge is 0.220 e. The fraction of sp³-hybridized carbons (Fsp3) is 0.769. The summed E-state index contributed by atoms with van der Waals surface area (Å²) >= 11 is 0. The van der Waals surface area contributed by atoms with Crippen LogP contribution in [0.15, 0.2) is 12.7 Å². The molecule has 1 amide bonds. The first-order valence-corrected chi connectivity index (χ1v) is 7.08. The molecule has 6 heteroatoms. The van der Waals surface area contributed by atoms with Gasteiger partial charge in [-0.2, -0.15) is 5.10 Å². The van der Waals surface area contributed by atoms with Crippen LogP contribution in [0.25, 0.3) is 0 Å². The van der Waals surface area contributed by atoms with E-state index >= 15 is 0 Å². The molecule has 0 saturated carbocycles. The fourth-order valence-corrected chi connectivity index (χ4v) is 2.45. The van der Waals surface area contributed by atoms with E-state index < -0.39 is 0 Å². The Morgan fingerprint density at radius 1 is 1.58 bits per heavy atom. The number of aromatic nitrogens is 3. The Bertz CT molecular complexity index is 378. The van der Waals surface area contributed by atoms with Gasteiger partial charge in [-0.15, -0.1) is 0 Å². The lowest BCUT2D eigenvalue weighted by Crippen LogP contribution is -2.47. The van der Waals surface area contributed by atoms with E-state index in [-0.39, 0.29) is 5.91 Å². The Morgan fingerprint density at radius 2 is 2.47 bits per heavy atom. The van der Waals surface area contributed by atoms with Gasteiger partial charge in [-0.3, -0.25) is 9.48 Å². The highest BCUT2D eigenvalue weighted by molar-refractivity contribution is 5.75. The van der Waals surface area contributed by atoms with Crippen molar-refractivity contribution in [2.75, 3.05) is 13.1 Å². The highest BCUT2D eigenvalue weighted by Crippen LogP contribution is 2.14. The summed E-state index contributed by atoms with van der Waals surface area (Å²) in [5.41, 5.74) is 0. The Hall–Kier alpha value is -1.43. The van der Waals surface area contributed by atoms with Gasteiger partial charge in [0.05, 0.1) is 0 Å². The van der Waals surface area contributed by atoms with Gasteiger partial charge in [-0.25, -0.2) is 4.98 Å². The summed E-state index contributed by atoms with van der Waals surface area (Å²) in [6.45, 7) is 4.79. The maximum absolute atomic E-state index is 11.7. The largest absolute Gasteiger partial charge is 0.355 e. The number of nitrogens with zero attached hydrogens (tertiary/aromatic N) is 3. The Morgan fingerprint density at radius 3 is 3.21 bits per heavy atom. The predicted molar refractivity (Wildman–Crippen MR) is 72.5 cm³/mol. The molecule has 0 bridgehead atoms.